The number of nitrogens with one attached hydrogen (secondary N) is 1. The van der Waals surface area contributed by atoms with Crippen molar-refractivity contribution in [1.29, 1.82) is 0 Å². The van der Waals surface area contributed by atoms with Gasteiger partial charge in [0.25, 0.3) is 5.91 Å². The SMILES string of the molecule is C[C@@H]1CCC[C@@H](C)C1=NNC(=O)c1ccc2c(c1)OCO2. The highest BCUT2D eigenvalue weighted by Crippen LogP contribution is 2.32. The smallest absolute Gasteiger partial charge is 0.271 e. The molecule has 0 aromatic heterocycles. The molecule has 21 heavy (non-hydrogen) atoms. The van der Waals surface area contributed by atoms with E-state index in [9.17, 15) is 4.79 Å². The van der Waals surface area contributed by atoms with E-state index < -0.39 is 0 Å². The van der Waals surface area contributed by atoms with Crippen molar-refractivity contribution in [2.45, 2.75) is 33.1 Å². The van der Waals surface area contributed by atoms with Crippen LogP contribution in [0.15, 0.2) is 23.3 Å². The van der Waals surface area contributed by atoms with Crippen LogP contribution in [0.2, 0.25) is 0 Å². The Bertz CT molecular complexity index is 571. The minimum absolute atomic E-state index is 0.206. The van der Waals surface area contributed by atoms with Gasteiger partial charge >= 0.3 is 0 Å². The first-order valence-electron chi connectivity index (χ1n) is 7.42. The molecule has 3 rings (SSSR count). The molecule has 1 N–H and O–H groups in total. The Kier molecular flexibility index (Phi) is 3.82. The molecule has 1 fully saturated rings. The van der Waals surface area contributed by atoms with Crippen molar-refractivity contribution in [1.82, 2.24) is 5.43 Å². The molecule has 1 aliphatic carbocycles. The predicted octanol–water partition coefficient (Wildman–Crippen LogP) is 2.96. The Morgan fingerprint density at radius 1 is 1.19 bits per heavy atom. The van der Waals surface area contributed by atoms with E-state index >= 15 is 0 Å². The van der Waals surface area contributed by atoms with Crippen molar-refractivity contribution in [3.8, 4) is 11.5 Å². The van der Waals surface area contributed by atoms with Crippen molar-refractivity contribution in [2.75, 3.05) is 6.79 Å². The van der Waals surface area contributed by atoms with Crippen LogP contribution >= 0.6 is 0 Å². The van der Waals surface area contributed by atoms with Gasteiger partial charge < -0.3 is 9.47 Å². The summed E-state index contributed by atoms with van der Waals surface area (Å²) in [6.07, 6.45) is 3.52. The van der Waals surface area contributed by atoms with Gasteiger partial charge in [-0.1, -0.05) is 20.3 Å². The number of ether oxygens (including phenoxy) is 2. The zero-order chi connectivity index (χ0) is 14.8. The van der Waals surface area contributed by atoms with Crippen LogP contribution in [0.3, 0.4) is 0 Å². The second-order valence-electron chi connectivity index (χ2n) is 5.78. The molecule has 1 aromatic rings. The number of carbonyl (C=O) groups excluding carboxylic acids is 1. The molecule has 2 aliphatic rings. The van der Waals surface area contributed by atoms with Gasteiger partial charge in [-0.15, -0.1) is 0 Å². The monoisotopic (exact) mass is 288 g/mol. The summed E-state index contributed by atoms with van der Waals surface area (Å²) >= 11 is 0. The Morgan fingerprint density at radius 2 is 1.90 bits per heavy atom. The minimum atomic E-state index is -0.217. The van der Waals surface area contributed by atoms with Gasteiger partial charge in [-0.05, 0) is 42.9 Å². The zero-order valence-electron chi connectivity index (χ0n) is 12.4. The van der Waals surface area contributed by atoms with Crippen LogP contribution in [-0.2, 0) is 0 Å². The molecule has 5 heteroatoms. The van der Waals surface area contributed by atoms with Crippen molar-refractivity contribution in [3.05, 3.63) is 23.8 Å². The molecule has 112 valence electrons. The van der Waals surface area contributed by atoms with E-state index in [2.05, 4.69) is 24.4 Å². The third kappa shape index (κ3) is 2.86. The van der Waals surface area contributed by atoms with Gasteiger partial charge in [0.05, 0.1) is 0 Å². The summed E-state index contributed by atoms with van der Waals surface area (Å²) < 4.78 is 10.5. The third-order valence-corrected chi connectivity index (χ3v) is 4.21. The van der Waals surface area contributed by atoms with E-state index in [1.54, 1.807) is 18.2 Å². The van der Waals surface area contributed by atoms with Gasteiger partial charge in [0.1, 0.15) is 0 Å². The van der Waals surface area contributed by atoms with Gasteiger partial charge in [-0.3, -0.25) is 4.79 Å². The number of hydrogen-bond donors (Lipinski definition) is 1. The van der Waals surface area contributed by atoms with E-state index in [1.165, 1.54) is 6.42 Å². The number of benzene rings is 1. The van der Waals surface area contributed by atoms with Crippen LogP contribution in [0.25, 0.3) is 0 Å². The second kappa shape index (κ2) is 5.76. The first-order valence-corrected chi connectivity index (χ1v) is 7.42. The van der Waals surface area contributed by atoms with E-state index in [1.807, 2.05) is 0 Å². The van der Waals surface area contributed by atoms with Gasteiger partial charge in [-0.25, -0.2) is 5.43 Å². The Hall–Kier alpha value is -2.04. The van der Waals surface area contributed by atoms with E-state index in [0.717, 1.165) is 18.6 Å². The lowest BCUT2D eigenvalue weighted by Gasteiger charge is -2.26. The van der Waals surface area contributed by atoms with Gasteiger partial charge in [0.2, 0.25) is 6.79 Å². The second-order valence-corrected chi connectivity index (χ2v) is 5.78. The number of hydrogen-bond acceptors (Lipinski definition) is 4. The van der Waals surface area contributed by atoms with Crippen LogP contribution < -0.4 is 14.9 Å². The summed E-state index contributed by atoms with van der Waals surface area (Å²) in [5.74, 6) is 1.93. The molecule has 1 amide bonds. The first-order chi connectivity index (χ1) is 10.1. The van der Waals surface area contributed by atoms with Crippen LogP contribution in [-0.4, -0.2) is 18.4 Å². The molecule has 0 spiro atoms. The quantitative estimate of drug-likeness (QED) is 0.851. The number of amides is 1. The normalized spacial score (nSPS) is 23.8. The average molecular weight is 288 g/mol. The minimum Gasteiger partial charge on any atom is -0.454 e. The molecule has 1 aromatic carbocycles. The summed E-state index contributed by atoms with van der Waals surface area (Å²) in [5, 5.41) is 4.36. The Balaban J connectivity index is 1.71. The fourth-order valence-electron chi connectivity index (χ4n) is 2.95. The standard InChI is InChI=1S/C16H20N2O3/c1-10-4-3-5-11(2)15(10)17-18-16(19)12-6-7-13-14(8-12)21-9-20-13/h6-8,10-11H,3-5,9H2,1-2H3,(H,18,19)/t10-,11-/m1/s1. The van der Waals surface area contributed by atoms with E-state index in [-0.39, 0.29) is 12.7 Å². The molecule has 0 bridgehead atoms. The average Bonchev–Trinajstić information content (AvgIpc) is 2.93. The Labute approximate surface area is 124 Å². The van der Waals surface area contributed by atoms with Crippen molar-refractivity contribution < 1.29 is 14.3 Å². The molecule has 2 atom stereocenters. The fourth-order valence-corrected chi connectivity index (χ4v) is 2.95. The zero-order valence-corrected chi connectivity index (χ0v) is 12.4. The van der Waals surface area contributed by atoms with Crippen LogP contribution in [0.4, 0.5) is 0 Å². The summed E-state index contributed by atoms with van der Waals surface area (Å²) in [5.41, 5.74) is 4.29. The molecule has 0 saturated heterocycles. The highest BCUT2D eigenvalue weighted by molar-refractivity contribution is 5.96. The molecule has 5 nitrogen and oxygen atoms in total. The molecule has 1 aliphatic heterocycles. The van der Waals surface area contributed by atoms with Crippen molar-refractivity contribution in [3.63, 3.8) is 0 Å². The Morgan fingerprint density at radius 3 is 2.67 bits per heavy atom. The number of nitrogens with zero attached hydrogens (tertiary/aromatic N) is 1. The third-order valence-electron chi connectivity index (χ3n) is 4.21. The largest absolute Gasteiger partial charge is 0.454 e. The lowest BCUT2D eigenvalue weighted by molar-refractivity contribution is 0.0953. The summed E-state index contributed by atoms with van der Waals surface area (Å²) in [6, 6.07) is 5.15. The molecular weight excluding hydrogens is 268 g/mol. The van der Waals surface area contributed by atoms with E-state index in [0.29, 0.717) is 28.9 Å². The number of hydrazone groups is 1. The van der Waals surface area contributed by atoms with Gasteiger partial charge in [0.15, 0.2) is 11.5 Å². The summed E-state index contributed by atoms with van der Waals surface area (Å²) in [7, 11) is 0. The van der Waals surface area contributed by atoms with Crippen LogP contribution in [0, 0.1) is 11.8 Å². The highest BCUT2D eigenvalue weighted by atomic mass is 16.7. The number of carbonyl (C=O) groups is 1. The summed E-state index contributed by atoms with van der Waals surface area (Å²) in [4.78, 5) is 12.2. The van der Waals surface area contributed by atoms with Crippen molar-refractivity contribution in [2.24, 2.45) is 16.9 Å². The van der Waals surface area contributed by atoms with Gasteiger partial charge in [-0.2, -0.15) is 5.10 Å². The van der Waals surface area contributed by atoms with Crippen LogP contribution in [0.5, 0.6) is 11.5 Å². The maximum Gasteiger partial charge on any atom is 0.271 e. The molecular formula is C16H20N2O3. The van der Waals surface area contributed by atoms with E-state index in [4.69, 9.17) is 9.47 Å². The van der Waals surface area contributed by atoms with Crippen molar-refractivity contribution >= 4 is 11.6 Å². The van der Waals surface area contributed by atoms with Gasteiger partial charge in [0, 0.05) is 11.3 Å². The predicted molar refractivity (Wildman–Crippen MR) is 79.6 cm³/mol. The molecule has 0 radical (unpaired) electrons. The maximum absolute atomic E-state index is 12.2. The highest BCUT2D eigenvalue weighted by Gasteiger charge is 2.23. The number of fused-ring (bicyclic) bond motifs is 1. The van der Waals surface area contributed by atoms with Crippen LogP contribution in [0.1, 0.15) is 43.5 Å². The molecule has 1 saturated carbocycles. The summed E-state index contributed by atoms with van der Waals surface area (Å²) in [6.45, 7) is 4.54. The number of rotatable bonds is 2. The lowest BCUT2D eigenvalue weighted by atomic mass is 9.81. The maximum atomic E-state index is 12.2. The molecule has 1 heterocycles. The topological polar surface area (TPSA) is 59.9 Å². The molecule has 0 unspecified atom stereocenters. The fraction of sp³-hybridized carbons (Fsp3) is 0.500. The first kappa shape index (κ1) is 13.9. The lowest BCUT2D eigenvalue weighted by Crippen LogP contribution is -2.29.